The molecule has 8 heteroatoms. The van der Waals surface area contributed by atoms with Crippen LogP contribution >= 0.6 is 0 Å². The van der Waals surface area contributed by atoms with E-state index < -0.39 is 26.3 Å². The zero-order valence-corrected chi connectivity index (χ0v) is 13.7. The number of nitrogens with zero attached hydrogens (tertiary/aromatic N) is 1. The number of benzene rings is 1. The largest absolute Gasteiger partial charge is 0.268 e. The van der Waals surface area contributed by atoms with Gasteiger partial charge < -0.3 is 0 Å². The van der Waals surface area contributed by atoms with Crippen molar-refractivity contribution in [2.75, 3.05) is 0 Å². The minimum atomic E-state index is -4.05. The number of rotatable bonds is 6. The monoisotopic (exact) mass is 339 g/mol. The number of aromatic amines is 1. The Morgan fingerprint density at radius 1 is 1.17 bits per heavy atom. The lowest BCUT2D eigenvalue weighted by Gasteiger charge is -2.12. The number of nitrogens with one attached hydrogen (secondary N) is 2. The number of hydrogen-bond acceptors (Lipinski definition) is 4. The molecule has 124 valence electrons. The summed E-state index contributed by atoms with van der Waals surface area (Å²) < 4.78 is 40.4. The molecule has 1 heterocycles. The standard InChI is InChI=1S/C15H18FN3O3S/c1-3-10-11(15(20)19-18-13(10)4-2)9-17-23(21,22)14-8-6-5-7-12(14)16/h5-8,17H,3-4,9H2,1-2H3,(H,19,20). The van der Waals surface area contributed by atoms with Gasteiger partial charge in [-0.15, -0.1) is 0 Å². The highest BCUT2D eigenvalue weighted by molar-refractivity contribution is 7.89. The minimum absolute atomic E-state index is 0.218. The molecule has 6 nitrogen and oxygen atoms in total. The molecule has 1 aromatic heterocycles. The van der Waals surface area contributed by atoms with Crippen molar-refractivity contribution in [2.45, 2.75) is 38.1 Å². The van der Waals surface area contributed by atoms with Crippen LogP contribution in [0.1, 0.15) is 30.7 Å². The lowest BCUT2D eigenvalue weighted by atomic mass is 10.0. The Kier molecular flexibility index (Phi) is 5.27. The molecule has 0 radical (unpaired) electrons. The van der Waals surface area contributed by atoms with Crippen LogP contribution < -0.4 is 10.3 Å². The molecular formula is C15H18FN3O3S. The van der Waals surface area contributed by atoms with Crippen molar-refractivity contribution >= 4 is 10.0 Å². The molecule has 1 aromatic carbocycles. The minimum Gasteiger partial charge on any atom is -0.268 e. The molecule has 0 saturated heterocycles. The van der Waals surface area contributed by atoms with Crippen molar-refractivity contribution in [3.8, 4) is 0 Å². The summed E-state index contributed by atoms with van der Waals surface area (Å²) in [6.45, 7) is 3.54. The van der Waals surface area contributed by atoms with Gasteiger partial charge in [-0.1, -0.05) is 26.0 Å². The predicted octanol–water partition coefficient (Wildman–Crippen LogP) is 1.51. The third-order valence-electron chi connectivity index (χ3n) is 3.53. The van der Waals surface area contributed by atoms with Gasteiger partial charge in [0.25, 0.3) is 5.56 Å². The molecule has 2 aromatic rings. The van der Waals surface area contributed by atoms with Crippen LogP contribution in [0.5, 0.6) is 0 Å². The van der Waals surface area contributed by atoms with Gasteiger partial charge in [-0.05, 0) is 30.5 Å². The van der Waals surface area contributed by atoms with Crippen LogP contribution in [0, 0.1) is 5.82 Å². The van der Waals surface area contributed by atoms with E-state index in [9.17, 15) is 17.6 Å². The molecule has 0 atom stereocenters. The van der Waals surface area contributed by atoms with Crippen LogP contribution in [0.15, 0.2) is 34.0 Å². The first-order valence-corrected chi connectivity index (χ1v) is 8.72. The fourth-order valence-electron chi connectivity index (χ4n) is 2.37. The number of H-pyrrole nitrogens is 1. The molecule has 0 aliphatic rings. The van der Waals surface area contributed by atoms with Crippen LogP contribution in [0.4, 0.5) is 4.39 Å². The molecule has 0 aliphatic carbocycles. The van der Waals surface area contributed by atoms with Crippen molar-refractivity contribution < 1.29 is 12.8 Å². The van der Waals surface area contributed by atoms with Gasteiger partial charge in [-0.3, -0.25) is 4.79 Å². The van der Waals surface area contributed by atoms with E-state index in [1.165, 1.54) is 18.2 Å². The number of aromatic nitrogens is 2. The van der Waals surface area contributed by atoms with Crippen LogP contribution in [0.2, 0.25) is 0 Å². The van der Waals surface area contributed by atoms with E-state index in [1.54, 1.807) is 0 Å². The maximum absolute atomic E-state index is 13.7. The van der Waals surface area contributed by atoms with Gasteiger partial charge in [0.05, 0.1) is 5.69 Å². The molecule has 23 heavy (non-hydrogen) atoms. The van der Waals surface area contributed by atoms with Gasteiger partial charge in [-0.25, -0.2) is 22.6 Å². The Morgan fingerprint density at radius 2 is 1.87 bits per heavy atom. The second kappa shape index (κ2) is 7.01. The van der Waals surface area contributed by atoms with E-state index in [4.69, 9.17) is 0 Å². The van der Waals surface area contributed by atoms with E-state index in [-0.39, 0.29) is 6.54 Å². The summed E-state index contributed by atoms with van der Waals surface area (Å²) in [6, 6.07) is 5.08. The lowest BCUT2D eigenvalue weighted by Crippen LogP contribution is -2.30. The van der Waals surface area contributed by atoms with E-state index in [0.29, 0.717) is 29.7 Å². The molecule has 0 fully saturated rings. The normalized spacial score (nSPS) is 11.6. The summed E-state index contributed by atoms with van der Waals surface area (Å²) >= 11 is 0. The molecule has 0 amide bonds. The number of hydrogen-bond donors (Lipinski definition) is 2. The molecule has 0 saturated carbocycles. The first-order valence-electron chi connectivity index (χ1n) is 7.24. The number of sulfonamides is 1. The third kappa shape index (κ3) is 3.65. The Balaban J connectivity index is 2.35. The maximum atomic E-state index is 13.7. The molecule has 2 rings (SSSR count). The number of aryl methyl sites for hydroxylation is 1. The molecule has 0 bridgehead atoms. The Hall–Kier alpha value is -2.06. The van der Waals surface area contributed by atoms with Crippen LogP contribution in [-0.4, -0.2) is 18.6 Å². The van der Waals surface area contributed by atoms with Gasteiger partial charge in [0, 0.05) is 12.1 Å². The Bertz CT molecular complexity index is 863. The maximum Gasteiger partial charge on any atom is 0.268 e. The topological polar surface area (TPSA) is 91.9 Å². The first kappa shape index (κ1) is 17.3. The van der Waals surface area contributed by atoms with Gasteiger partial charge in [0.1, 0.15) is 10.7 Å². The third-order valence-corrected chi connectivity index (χ3v) is 4.97. The SMILES string of the molecule is CCc1n[nH]c(=O)c(CNS(=O)(=O)c2ccccc2F)c1CC. The van der Waals surface area contributed by atoms with Crippen molar-refractivity contribution in [2.24, 2.45) is 0 Å². The number of halogens is 1. The van der Waals surface area contributed by atoms with Crippen molar-refractivity contribution in [1.82, 2.24) is 14.9 Å². The summed E-state index contributed by atoms with van der Waals surface area (Å²) in [7, 11) is -4.05. The zero-order chi connectivity index (χ0) is 17.0. The lowest BCUT2D eigenvalue weighted by molar-refractivity contribution is 0.556. The highest BCUT2D eigenvalue weighted by Crippen LogP contribution is 2.15. The second-order valence-corrected chi connectivity index (χ2v) is 6.65. The van der Waals surface area contributed by atoms with E-state index in [0.717, 1.165) is 6.07 Å². The molecule has 2 N–H and O–H groups in total. The zero-order valence-electron chi connectivity index (χ0n) is 12.9. The highest BCUT2D eigenvalue weighted by atomic mass is 32.2. The molecule has 0 aliphatic heterocycles. The fourth-order valence-corrected chi connectivity index (χ4v) is 3.44. The second-order valence-electron chi connectivity index (χ2n) is 4.92. The molecule has 0 unspecified atom stereocenters. The average Bonchev–Trinajstić information content (AvgIpc) is 2.53. The Labute approximate surface area is 133 Å². The molecular weight excluding hydrogens is 321 g/mol. The fraction of sp³-hybridized carbons (Fsp3) is 0.333. The van der Waals surface area contributed by atoms with Crippen molar-refractivity contribution in [3.05, 3.63) is 57.3 Å². The predicted molar refractivity (Wildman–Crippen MR) is 84.0 cm³/mol. The quantitative estimate of drug-likeness (QED) is 0.834. The van der Waals surface area contributed by atoms with Crippen LogP contribution in [0.3, 0.4) is 0 Å². The van der Waals surface area contributed by atoms with E-state index >= 15 is 0 Å². The van der Waals surface area contributed by atoms with Crippen molar-refractivity contribution in [1.29, 1.82) is 0 Å². The van der Waals surface area contributed by atoms with Crippen molar-refractivity contribution in [3.63, 3.8) is 0 Å². The van der Waals surface area contributed by atoms with E-state index in [2.05, 4.69) is 14.9 Å². The van der Waals surface area contributed by atoms with Crippen LogP contribution in [0.25, 0.3) is 0 Å². The summed E-state index contributed by atoms with van der Waals surface area (Å²) in [5.74, 6) is -0.839. The van der Waals surface area contributed by atoms with Gasteiger partial charge in [0.2, 0.25) is 10.0 Å². The van der Waals surface area contributed by atoms with E-state index in [1.807, 2.05) is 13.8 Å². The Morgan fingerprint density at radius 3 is 2.48 bits per heavy atom. The summed E-state index contributed by atoms with van der Waals surface area (Å²) in [5, 5.41) is 6.34. The summed E-state index contributed by atoms with van der Waals surface area (Å²) in [5.41, 5.74) is 1.29. The van der Waals surface area contributed by atoms with Gasteiger partial charge >= 0.3 is 0 Å². The summed E-state index contributed by atoms with van der Waals surface area (Å²) in [4.78, 5) is 11.5. The highest BCUT2D eigenvalue weighted by Gasteiger charge is 2.20. The first-order chi connectivity index (χ1) is 10.9. The van der Waals surface area contributed by atoms with Crippen LogP contribution in [-0.2, 0) is 29.4 Å². The average molecular weight is 339 g/mol. The van der Waals surface area contributed by atoms with Gasteiger partial charge in [0.15, 0.2) is 0 Å². The molecule has 0 spiro atoms. The summed E-state index contributed by atoms with van der Waals surface area (Å²) in [6.07, 6.45) is 1.17. The van der Waals surface area contributed by atoms with Gasteiger partial charge in [-0.2, -0.15) is 5.10 Å². The smallest absolute Gasteiger partial charge is 0.268 e.